The predicted octanol–water partition coefficient (Wildman–Crippen LogP) is 2.77. The predicted molar refractivity (Wildman–Crippen MR) is 91.4 cm³/mol. The Bertz CT molecular complexity index is 546. The van der Waals surface area contributed by atoms with Crippen molar-refractivity contribution in [3.63, 3.8) is 0 Å². The summed E-state index contributed by atoms with van der Waals surface area (Å²) < 4.78 is 5.68. The van der Waals surface area contributed by atoms with E-state index in [4.69, 9.17) is 15.6 Å². The van der Waals surface area contributed by atoms with Gasteiger partial charge in [0.25, 0.3) is 0 Å². The maximum atomic E-state index is 12.1. The smallest absolute Gasteiger partial charge is 0.320 e. The van der Waals surface area contributed by atoms with Crippen LogP contribution in [-0.4, -0.2) is 29.2 Å². The van der Waals surface area contributed by atoms with Crippen LogP contribution in [0.4, 0.5) is 0 Å². The van der Waals surface area contributed by atoms with Crippen LogP contribution in [-0.2, 0) is 20.7 Å². The number of esters is 1. The Hall–Kier alpha value is -1.88. The van der Waals surface area contributed by atoms with Gasteiger partial charge in [-0.3, -0.25) is 9.59 Å². The number of hydrogen-bond donors (Lipinski definition) is 2. The largest absolute Gasteiger partial charge is 0.480 e. The van der Waals surface area contributed by atoms with Gasteiger partial charge in [0.15, 0.2) is 0 Å². The van der Waals surface area contributed by atoms with Crippen molar-refractivity contribution in [1.82, 2.24) is 0 Å². The molecule has 1 aliphatic carbocycles. The van der Waals surface area contributed by atoms with Crippen LogP contribution in [0.25, 0.3) is 0 Å². The summed E-state index contributed by atoms with van der Waals surface area (Å²) >= 11 is 0. The maximum absolute atomic E-state index is 12.1. The second-order valence-electron chi connectivity index (χ2n) is 6.90. The lowest BCUT2D eigenvalue weighted by atomic mass is 9.96. The quantitative estimate of drug-likeness (QED) is 0.714. The summed E-state index contributed by atoms with van der Waals surface area (Å²) in [5.41, 5.74) is 6.78. The summed E-state index contributed by atoms with van der Waals surface area (Å²) in [4.78, 5) is 22.9. The zero-order chi connectivity index (χ0) is 17.5. The Kier molecular flexibility index (Phi) is 6.79. The third-order valence-corrected chi connectivity index (χ3v) is 4.70. The van der Waals surface area contributed by atoms with Gasteiger partial charge in [0.1, 0.15) is 12.1 Å². The van der Waals surface area contributed by atoms with E-state index in [0.717, 1.165) is 25.7 Å². The van der Waals surface area contributed by atoms with Crippen molar-refractivity contribution < 1.29 is 19.4 Å². The number of carbonyl (C=O) groups excluding carboxylic acids is 1. The van der Waals surface area contributed by atoms with Crippen molar-refractivity contribution in [2.24, 2.45) is 17.6 Å². The monoisotopic (exact) mass is 333 g/mol. The molecule has 5 heteroatoms. The summed E-state index contributed by atoms with van der Waals surface area (Å²) in [6.45, 7) is 1.83. The van der Waals surface area contributed by atoms with Crippen molar-refractivity contribution in [2.75, 3.05) is 0 Å². The molecule has 1 aliphatic rings. The number of carboxylic acid groups (broad SMARTS) is 1. The van der Waals surface area contributed by atoms with Gasteiger partial charge in [-0.05, 0) is 49.5 Å². The molecule has 0 aliphatic heterocycles. The number of ether oxygens (including phenoxy) is 1. The second kappa shape index (κ2) is 8.83. The molecular formula is C19H27NO4. The molecule has 0 radical (unpaired) electrons. The van der Waals surface area contributed by atoms with E-state index in [0.29, 0.717) is 5.92 Å². The summed E-state index contributed by atoms with van der Waals surface area (Å²) in [7, 11) is 0. The number of aliphatic carboxylic acids is 1. The molecule has 0 bridgehead atoms. The molecule has 0 amide bonds. The number of carboxylic acids is 1. The van der Waals surface area contributed by atoms with Gasteiger partial charge in [-0.2, -0.15) is 0 Å². The molecule has 0 saturated heterocycles. The fourth-order valence-electron chi connectivity index (χ4n) is 3.43. The van der Waals surface area contributed by atoms with E-state index in [-0.39, 0.29) is 30.8 Å². The van der Waals surface area contributed by atoms with E-state index in [2.05, 4.69) is 12.1 Å². The first-order valence-electron chi connectivity index (χ1n) is 8.67. The van der Waals surface area contributed by atoms with Crippen LogP contribution in [0, 0.1) is 11.8 Å². The Balaban J connectivity index is 1.80. The molecule has 4 atom stereocenters. The van der Waals surface area contributed by atoms with Crippen LogP contribution in [0.5, 0.6) is 0 Å². The highest BCUT2D eigenvalue weighted by molar-refractivity contribution is 5.73. The Morgan fingerprint density at radius 1 is 1.29 bits per heavy atom. The van der Waals surface area contributed by atoms with Gasteiger partial charge in [-0.15, -0.1) is 0 Å². The molecule has 2 rings (SSSR count). The summed E-state index contributed by atoms with van der Waals surface area (Å²) in [6.07, 6.45) is 4.46. The fraction of sp³-hybridized carbons (Fsp3) is 0.579. The molecule has 1 fully saturated rings. The minimum Gasteiger partial charge on any atom is -0.480 e. The molecular weight excluding hydrogens is 306 g/mol. The first-order chi connectivity index (χ1) is 11.5. The van der Waals surface area contributed by atoms with Crippen molar-refractivity contribution in [2.45, 2.75) is 57.6 Å². The summed E-state index contributed by atoms with van der Waals surface area (Å²) in [5.74, 6) is -1.01. The van der Waals surface area contributed by atoms with Crippen LogP contribution in [0.15, 0.2) is 30.3 Å². The number of hydrogen-bond acceptors (Lipinski definition) is 4. The zero-order valence-corrected chi connectivity index (χ0v) is 14.2. The third kappa shape index (κ3) is 5.64. The first-order valence-corrected chi connectivity index (χ1v) is 8.67. The van der Waals surface area contributed by atoms with Gasteiger partial charge in [0.2, 0.25) is 0 Å². The number of rotatable bonds is 8. The Morgan fingerprint density at radius 2 is 2.00 bits per heavy atom. The van der Waals surface area contributed by atoms with Crippen molar-refractivity contribution in [3.05, 3.63) is 35.9 Å². The number of carbonyl (C=O) groups is 2. The standard InChI is InChI=1S/C19H27NO4/c1-13(10-16(20)19(22)23)11-18(21)24-17-9-5-8-15(17)12-14-6-3-2-4-7-14/h2-4,6-7,13,15-17H,5,8-12,20H2,1H3,(H,22,23)/t13?,15?,16-,17?/m0/s1. The lowest BCUT2D eigenvalue weighted by Gasteiger charge is -2.21. The Labute approximate surface area is 143 Å². The van der Waals surface area contributed by atoms with Crippen molar-refractivity contribution in [3.8, 4) is 0 Å². The highest BCUT2D eigenvalue weighted by Gasteiger charge is 2.31. The average molecular weight is 333 g/mol. The van der Waals surface area contributed by atoms with Crippen LogP contribution in [0.3, 0.4) is 0 Å². The summed E-state index contributed by atoms with van der Waals surface area (Å²) in [6, 6.07) is 9.33. The van der Waals surface area contributed by atoms with Crippen LogP contribution < -0.4 is 5.73 Å². The van der Waals surface area contributed by atoms with Gasteiger partial charge >= 0.3 is 11.9 Å². The van der Waals surface area contributed by atoms with E-state index in [1.807, 2.05) is 25.1 Å². The highest BCUT2D eigenvalue weighted by Crippen LogP contribution is 2.31. The van der Waals surface area contributed by atoms with Crippen LogP contribution >= 0.6 is 0 Å². The molecule has 0 spiro atoms. The van der Waals surface area contributed by atoms with Gasteiger partial charge < -0.3 is 15.6 Å². The van der Waals surface area contributed by atoms with Crippen molar-refractivity contribution >= 4 is 11.9 Å². The van der Waals surface area contributed by atoms with E-state index in [1.54, 1.807) is 0 Å². The van der Waals surface area contributed by atoms with Gasteiger partial charge in [0, 0.05) is 6.42 Å². The molecule has 5 nitrogen and oxygen atoms in total. The molecule has 24 heavy (non-hydrogen) atoms. The topological polar surface area (TPSA) is 89.6 Å². The van der Waals surface area contributed by atoms with Gasteiger partial charge in [-0.1, -0.05) is 37.3 Å². The highest BCUT2D eigenvalue weighted by atomic mass is 16.5. The molecule has 1 saturated carbocycles. The molecule has 0 heterocycles. The Morgan fingerprint density at radius 3 is 2.67 bits per heavy atom. The summed E-state index contributed by atoms with van der Waals surface area (Å²) in [5, 5.41) is 8.83. The van der Waals surface area contributed by atoms with Crippen LogP contribution in [0.2, 0.25) is 0 Å². The van der Waals surface area contributed by atoms with Gasteiger partial charge in [0.05, 0.1) is 0 Å². The maximum Gasteiger partial charge on any atom is 0.320 e. The second-order valence-corrected chi connectivity index (χ2v) is 6.90. The lowest BCUT2D eigenvalue weighted by molar-refractivity contribution is -0.152. The molecule has 0 aromatic heterocycles. The minimum absolute atomic E-state index is 0.0296. The number of benzene rings is 1. The molecule has 3 unspecified atom stereocenters. The molecule has 1 aromatic rings. The first kappa shape index (κ1) is 18.5. The van der Waals surface area contributed by atoms with E-state index in [9.17, 15) is 9.59 Å². The van der Waals surface area contributed by atoms with Crippen LogP contribution in [0.1, 0.15) is 44.6 Å². The minimum atomic E-state index is -1.03. The lowest BCUT2D eigenvalue weighted by Crippen LogP contribution is -2.32. The zero-order valence-electron chi connectivity index (χ0n) is 14.2. The normalized spacial score (nSPS) is 22.8. The van der Waals surface area contributed by atoms with Crippen molar-refractivity contribution in [1.29, 1.82) is 0 Å². The fourth-order valence-corrected chi connectivity index (χ4v) is 3.43. The molecule has 132 valence electrons. The number of nitrogens with two attached hydrogens (primary N) is 1. The third-order valence-electron chi connectivity index (χ3n) is 4.70. The van der Waals surface area contributed by atoms with E-state index >= 15 is 0 Å². The molecule has 3 N–H and O–H groups in total. The SMILES string of the molecule is CC(CC(=O)OC1CCCC1Cc1ccccc1)C[C@H](N)C(=O)O. The average Bonchev–Trinajstić information content (AvgIpc) is 2.94. The van der Waals surface area contributed by atoms with Gasteiger partial charge in [-0.25, -0.2) is 0 Å². The van der Waals surface area contributed by atoms with E-state index in [1.165, 1.54) is 5.56 Å². The molecule has 1 aromatic carbocycles. The van der Waals surface area contributed by atoms with E-state index < -0.39 is 12.0 Å².